The molecule has 12 heavy (non-hydrogen) atoms. The van der Waals surface area contributed by atoms with Gasteiger partial charge in [0.05, 0.1) is 0 Å². The third-order valence-electron chi connectivity index (χ3n) is 1.23. The molecule has 0 amide bonds. The van der Waals surface area contributed by atoms with E-state index in [4.69, 9.17) is 10.9 Å². The molecule has 0 bridgehead atoms. The molecule has 0 heterocycles. The van der Waals surface area contributed by atoms with E-state index in [1.807, 2.05) is 0 Å². The van der Waals surface area contributed by atoms with Gasteiger partial charge in [0.1, 0.15) is 5.75 Å². The first-order chi connectivity index (χ1) is 5.72. The Kier molecular flexibility index (Phi) is 2.49. The van der Waals surface area contributed by atoms with Crippen molar-refractivity contribution in [3.63, 3.8) is 0 Å². The number of anilines is 1. The average Bonchev–Trinajstić information content (AvgIpc) is 2.05. The van der Waals surface area contributed by atoms with Gasteiger partial charge in [-0.05, 0) is 24.3 Å². The summed E-state index contributed by atoms with van der Waals surface area (Å²) >= 11 is 0. The number of rotatable bonds is 2. The number of nitrogens with two attached hydrogens (primary N) is 1. The highest BCUT2D eigenvalue weighted by atomic mass is 16.7. The maximum absolute atomic E-state index is 10.1. The van der Waals surface area contributed by atoms with Crippen molar-refractivity contribution in [3.05, 3.63) is 24.3 Å². The van der Waals surface area contributed by atoms with Gasteiger partial charge in [-0.15, -0.1) is 0 Å². The third kappa shape index (κ3) is 2.14. The zero-order chi connectivity index (χ0) is 8.97. The second kappa shape index (κ2) is 3.59. The molecule has 1 aromatic carbocycles. The van der Waals surface area contributed by atoms with Crippen LogP contribution in [0.25, 0.3) is 0 Å². The monoisotopic (exact) mass is 168 g/mol. The van der Waals surface area contributed by atoms with E-state index in [1.165, 1.54) is 12.1 Å². The number of hydrogen-bond donors (Lipinski definition) is 3. The molecule has 5 heteroatoms. The summed E-state index contributed by atoms with van der Waals surface area (Å²) in [5.41, 5.74) is 3.09. The Hall–Kier alpha value is -1.75. The summed E-state index contributed by atoms with van der Waals surface area (Å²) in [6, 6.07) is 6.23. The first-order valence-corrected chi connectivity index (χ1v) is 3.20. The molecule has 0 saturated heterocycles. The van der Waals surface area contributed by atoms with E-state index < -0.39 is 6.16 Å². The lowest BCUT2D eigenvalue weighted by Crippen LogP contribution is -2.07. The van der Waals surface area contributed by atoms with Crippen LogP contribution in [-0.2, 0) is 0 Å². The number of carbonyl (C=O) groups is 1. The van der Waals surface area contributed by atoms with Crippen molar-refractivity contribution in [2.45, 2.75) is 0 Å². The van der Waals surface area contributed by atoms with E-state index in [0.29, 0.717) is 5.69 Å². The molecule has 0 aromatic heterocycles. The quantitative estimate of drug-likeness (QED) is 0.266. The van der Waals surface area contributed by atoms with E-state index in [9.17, 15) is 4.79 Å². The van der Waals surface area contributed by atoms with E-state index in [0.717, 1.165) is 0 Å². The number of hydrazine groups is 1. The summed E-state index contributed by atoms with van der Waals surface area (Å²) in [7, 11) is 0. The number of nitrogen functional groups attached to an aromatic ring is 1. The summed E-state index contributed by atoms with van der Waals surface area (Å²) in [5.74, 6) is 5.36. The van der Waals surface area contributed by atoms with Crippen LogP contribution in [0.5, 0.6) is 5.75 Å². The van der Waals surface area contributed by atoms with Gasteiger partial charge < -0.3 is 15.3 Å². The number of ether oxygens (including phenoxy) is 1. The molecule has 0 unspecified atom stereocenters. The molecule has 0 fully saturated rings. The van der Waals surface area contributed by atoms with Crippen LogP contribution < -0.4 is 16.0 Å². The smallest absolute Gasteiger partial charge is 0.449 e. The molecular formula is C7H8N2O3. The van der Waals surface area contributed by atoms with Gasteiger partial charge in [0, 0.05) is 5.69 Å². The summed E-state index contributed by atoms with van der Waals surface area (Å²) in [6.07, 6.45) is -1.33. The van der Waals surface area contributed by atoms with Crippen LogP contribution in [0.1, 0.15) is 0 Å². The minimum Gasteiger partial charge on any atom is -0.449 e. The highest BCUT2D eigenvalue weighted by Gasteiger charge is 1.98. The molecule has 0 spiro atoms. The Labute approximate surface area is 68.7 Å². The predicted octanol–water partition coefficient (Wildman–Crippen LogP) is 1.03. The fourth-order valence-electron chi connectivity index (χ4n) is 0.720. The Balaban J connectivity index is 2.71. The molecule has 1 rings (SSSR count). The van der Waals surface area contributed by atoms with Gasteiger partial charge in [-0.3, -0.25) is 5.84 Å². The van der Waals surface area contributed by atoms with Gasteiger partial charge in [-0.2, -0.15) is 0 Å². The van der Waals surface area contributed by atoms with Crippen molar-refractivity contribution in [2.24, 2.45) is 5.84 Å². The molecule has 5 nitrogen and oxygen atoms in total. The maximum Gasteiger partial charge on any atom is 0.511 e. The van der Waals surface area contributed by atoms with Crippen molar-refractivity contribution >= 4 is 11.8 Å². The van der Waals surface area contributed by atoms with Crippen LogP contribution in [0.3, 0.4) is 0 Å². The summed E-state index contributed by atoms with van der Waals surface area (Å²) in [4.78, 5) is 10.1. The number of hydrogen-bond acceptors (Lipinski definition) is 4. The molecule has 4 N–H and O–H groups in total. The van der Waals surface area contributed by atoms with Crippen LogP contribution in [0, 0.1) is 0 Å². The SMILES string of the molecule is NNc1ccc(OC(=O)O)cc1. The van der Waals surface area contributed by atoms with E-state index >= 15 is 0 Å². The first-order valence-electron chi connectivity index (χ1n) is 3.20. The Morgan fingerprint density at radius 3 is 2.42 bits per heavy atom. The summed E-state index contributed by atoms with van der Waals surface area (Å²) < 4.78 is 4.36. The van der Waals surface area contributed by atoms with Gasteiger partial charge >= 0.3 is 6.16 Å². The minimum atomic E-state index is -1.33. The van der Waals surface area contributed by atoms with Crippen molar-refractivity contribution in [2.75, 3.05) is 5.43 Å². The molecule has 64 valence electrons. The first kappa shape index (κ1) is 8.35. The molecule has 1 aromatic rings. The lowest BCUT2D eigenvalue weighted by Gasteiger charge is -2.01. The van der Waals surface area contributed by atoms with Crippen LogP contribution in [0.4, 0.5) is 10.5 Å². The standard InChI is InChI=1S/C7H8N2O3/c8-9-5-1-3-6(4-2-5)12-7(10)11/h1-4,9H,8H2,(H,10,11). The Morgan fingerprint density at radius 1 is 1.42 bits per heavy atom. The largest absolute Gasteiger partial charge is 0.511 e. The van der Waals surface area contributed by atoms with Gasteiger partial charge in [0.2, 0.25) is 0 Å². The highest BCUT2D eigenvalue weighted by Crippen LogP contribution is 2.14. The van der Waals surface area contributed by atoms with Crippen LogP contribution in [-0.4, -0.2) is 11.3 Å². The topological polar surface area (TPSA) is 84.6 Å². The number of carboxylic acid groups (broad SMARTS) is 1. The van der Waals surface area contributed by atoms with Gasteiger partial charge in [0.15, 0.2) is 0 Å². The van der Waals surface area contributed by atoms with E-state index in [1.54, 1.807) is 12.1 Å². The molecule has 0 aliphatic carbocycles. The molecule has 0 aliphatic heterocycles. The van der Waals surface area contributed by atoms with Crippen molar-refractivity contribution in [1.82, 2.24) is 0 Å². The van der Waals surface area contributed by atoms with Gasteiger partial charge in [0.25, 0.3) is 0 Å². The summed E-state index contributed by atoms with van der Waals surface area (Å²) in [5, 5.41) is 8.23. The Morgan fingerprint density at radius 2 is 2.00 bits per heavy atom. The third-order valence-corrected chi connectivity index (χ3v) is 1.23. The van der Waals surface area contributed by atoms with E-state index in [2.05, 4.69) is 10.2 Å². The van der Waals surface area contributed by atoms with Crippen molar-refractivity contribution in [3.8, 4) is 5.75 Å². The van der Waals surface area contributed by atoms with Crippen molar-refractivity contribution in [1.29, 1.82) is 0 Å². The molecule has 0 radical (unpaired) electrons. The Bertz CT molecular complexity index is 270. The number of benzene rings is 1. The van der Waals surface area contributed by atoms with Crippen molar-refractivity contribution < 1.29 is 14.6 Å². The van der Waals surface area contributed by atoms with E-state index in [-0.39, 0.29) is 5.75 Å². The normalized spacial score (nSPS) is 9.08. The number of nitrogens with one attached hydrogen (secondary N) is 1. The zero-order valence-corrected chi connectivity index (χ0v) is 6.15. The lowest BCUT2D eigenvalue weighted by atomic mass is 10.3. The van der Waals surface area contributed by atoms with Gasteiger partial charge in [-0.25, -0.2) is 4.79 Å². The molecule has 0 aliphatic rings. The molecule has 0 atom stereocenters. The van der Waals surface area contributed by atoms with Crippen LogP contribution in [0.2, 0.25) is 0 Å². The highest BCUT2D eigenvalue weighted by molar-refractivity contribution is 5.61. The predicted molar refractivity (Wildman–Crippen MR) is 42.9 cm³/mol. The second-order valence-electron chi connectivity index (χ2n) is 2.04. The molecular weight excluding hydrogens is 160 g/mol. The summed E-state index contributed by atoms with van der Waals surface area (Å²) in [6.45, 7) is 0. The average molecular weight is 168 g/mol. The minimum absolute atomic E-state index is 0.265. The fraction of sp³-hybridized carbons (Fsp3) is 0. The fourth-order valence-corrected chi connectivity index (χ4v) is 0.720. The van der Waals surface area contributed by atoms with Crippen LogP contribution >= 0.6 is 0 Å². The van der Waals surface area contributed by atoms with Crippen LogP contribution in [0.15, 0.2) is 24.3 Å². The second-order valence-corrected chi connectivity index (χ2v) is 2.04. The zero-order valence-electron chi connectivity index (χ0n) is 6.15. The molecule has 0 saturated carbocycles. The van der Waals surface area contributed by atoms with Gasteiger partial charge in [-0.1, -0.05) is 0 Å². The lowest BCUT2D eigenvalue weighted by molar-refractivity contribution is 0.144. The maximum atomic E-state index is 10.1.